The van der Waals surface area contributed by atoms with Crippen LogP contribution in [0, 0.1) is 11.8 Å². The number of nitrogens with one attached hydrogen (secondary N) is 1. The standard InChI is InChI=1S/C28H52N2O3/c1-8-9-10-11-12-13-16-25(31)19-23(18-22(2)3)15-14-17-26(32)29-24-20-27(4,5)30(33)28(6,7)21-24/h14-15,22-24,33H,8-13,16-21H2,1-7H3,(H,29,32)/b15-14+/t23-/m1/s1. The Morgan fingerprint density at radius 2 is 1.61 bits per heavy atom. The van der Waals surface area contributed by atoms with Gasteiger partial charge in [0.2, 0.25) is 5.91 Å². The van der Waals surface area contributed by atoms with Crippen molar-refractivity contribution in [3.05, 3.63) is 12.2 Å². The van der Waals surface area contributed by atoms with Crippen LogP contribution in [0.3, 0.4) is 0 Å². The highest BCUT2D eigenvalue weighted by atomic mass is 16.5. The lowest BCUT2D eigenvalue weighted by molar-refractivity contribution is -0.246. The van der Waals surface area contributed by atoms with Crippen molar-refractivity contribution in [2.24, 2.45) is 11.8 Å². The molecule has 192 valence electrons. The summed E-state index contributed by atoms with van der Waals surface area (Å²) in [5.41, 5.74) is -0.761. The fourth-order valence-corrected chi connectivity index (χ4v) is 5.36. The molecule has 0 aromatic rings. The van der Waals surface area contributed by atoms with Gasteiger partial charge in [-0.15, -0.1) is 0 Å². The fourth-order valence-electron chi connectivity index (χ4n) is 5.36. The Morgan fingerprint density at radius 3 is 2.18 bits per heavy atom. The second kappa shape index (κ2) is 14.3. The molecule has 5 nitrogen and oxygen atoms in total. The van der Waals surface area contributed by atoms with E-state index in [0.29, 0.717) is 43.8 Å². The van der Waals surface area contributed by atoms with Gasteiger partial charge in [0.05, 0.1) is 0 Å². The Morgan fingerprint density at radius 1 is 1.03 bits per heavy atom. The average Bonchev–Trinajstić information content (AvgIpc) is 2.67. The third-order valence-electron chi connectivity index (χ3n) is 6.79. The minimum Gasteiger partial charge on any atom is -0.353 e. The van der Waals surface area contributed by atoms with Crippen molar-refractivity contribution in [1.29, 1.82) is 0 Å². The molecule has 1 heterocycles. The fraction of sp³-hybridized carbons (Fsp3) is 0.857. The highest BCUT2D eigenvalue weighted by Gasteiger charge is 2.45. The number of rotatable bonds is 15. The van der Waals surface area contributed by atoms with Crippen molar-refractivity contribution in [3.8, 4) is 0 Å². The summed E-state index contributed by atoms with van der Waals surface area (Å²) in [6.07, 6.45) is 15.2. The Balaban J connectivity index is 2.49. The normalized spacial score (nSPS) is 19.8. The van der Waals surface area contributed by atoms with Gasteiger partial charge in [-0.25, -0.2) is 0 Å². The smallest absolute Gasteiger partial charge is 0.224 e. The zero-order valence-electron chi connectivity index (χ0n) is 22.6. The molecule has 1 aliphatic rings. The van der Waals surface area contributed by atoms with Crippen LogP contribution >= 0.6 is 0 Å². The molecule has 1 aliphatic heterocycles. The zero-order valence-corrected chi connectivity index (χ0v) is 22.6. The molecule has 0 aliphatic carbocycles. The highest BCUT2D eigenvalue weighted by Crippen LogP contribution is 2.36. The summed E-state index contributed by atoms with van der Waals surface area (Å²) in [6, 6.07) is 0.0460. The van der Waals surface area contributed by atoms with E-state index < -0.39 is 0 Å². The molecular formula is C28H52N2O3. The van der Waals surface area contributed by atoms with Crippen molar-refractivity contribution in [1.82, 2.24) is 10.4 Å². The van der Waals surface area contributed by atoms with E-state index in [4.69, 9.17) is 0 Å². The summed E-state index contributed by atoms with van der Waals surface area (Å²) in [7, 11) is 0. The Kier molecular flexibility index (Phi) is 12.9. The molecule has 0 saturated carbocycles. The third-order valence-corrected chi connectivity index (χ3v) is 6.79. The lowest BCUT2D eigenvalue weighted by Crippen LogP contribution is -2.62. The molecule has 1 rings (SSSR count). The molecule has 1 saturated heterocycles. The van der Waals surface area contributed by atoms with E-state index in [1.54, 1.807) is 0 Å². The van der Waals surface area contributed by atoms with Crippen molar-refractivity contribution < 1.29 is 14.8 Å². The van der Waals surface area contributed by atoms with E-state index >= 15 is 0 Å². The maximum absolute atomic E-state index is 12.6. The van der Waals surface area contributed by atoms with E-state index in [-0.39, 0.29) is 28.9 Å². The van der Waals surface area contributed by atoms with E-state index in [0.717, 1.165) is 19.3 Å². The second-order valence-corrected chi connectivity index (χ2v) is 11.9. The molecule has 0 aromatic heterocycles. The predicted molar refractivity (Wildman–Crippen MR) is 137 cm³/mol. The van der Waals surface area contributed by atoms with Gasteiger partial charge in [0.15, 0.2) is 0 Å². The monoisotopic (exact) mass is 464 g/mol. The van der Waals surface area contributed by atoms with E-state index in [2.05, 4.69) is 32.2 Å². The molecule has 1 atom stereocenters. The number of ketones is 1. The number of carbonyl (C=O) groups is 2. The van der Waals surface area contributed by atoms with Crippen LogP contribution in [0.2, 0.25) is 0 Å². The summed E-state index contributed by atoms with van der Waals surface area (Å²) < 4.78 is 0. The van der Waals surface area contributed by atoms with Gasteiger partial charge in [-0.05, 0) is 65.2 Å². The second-order valence-electron chi connectivity index (χ2n) is 11.9. The number of piperidine rings is 1. The van der Waals surface area contributed by atoms with Crippen LogP contribution in [0.4, 0.5) is 0 Å². The highest BCUT2D eigenvalue weighted by molar-refractivity contribution is 5.79. The first-order valence-electron chi connectivity index (χ1n) is 13.3. The molecule has 1 fully saturated rings. The van der Waals surface area contributed by atoms with Crippen LogP contribution in [0.1, 0.15) is 126 Å². The van der Waals surface area contributed by atoms with Crippen LogP contribution in [0.5, 0.6) is 0 Å². The summed E-state index contributed by atoms with van der Waals surface area (Å²) in [5.74, 6) is 1.09. The van der Waals surface area contributed by atoms with Crippen LogP contribution in [0.25, 0.3) is 0 Å². The Hall–Kier alpha value is -1.20. The number of hydroxylamine groups is 2. The number of hydrogen-bond acceptors (Lipinski definition) is 4. The minimum atomic E-state index is -0.381. The first kappa shape index (κ1) is 29.8. The van der Waals surface area contributed by atoms with Crippen LogP contribution < -0.4 is 5.32 Å². The summed E-state index contributed by atoms with van der Waals surface area (Å²) in [6.45, 7) is 14.6. The molecule has 0 radical (unpaired) electrons. The van der Waals surface area contributed by atoms with Gasteiger partial charge < -0.3 is 10.5 Å². The van der Waals surface area contributed by atoms with Crippen molar-refractivity contribution in [2.45, 2.75) is 143 Å². The van der Waals surface area contributed by atoms with Gasteiger partial charge in [0.1, 0.15) is 5.78 Å². The van der Waals surface area contributed by atoms with Gasteiger partial charge >= 0.3 is 0 Å². The maximum atomic E-state index is 12.6. The molecule has 2 N–H and O–H groups in total. The Labute approximate surface area is 203 Å². The topological polar surface area (TPSA) is 69.6 Å². The van der Waals surface area contributed by atoms with E-state index in [1.807, 2.05) is 33.8 Å². The molecular weight excluding hydrogens is 412 g/mol. The maximum Gasteiger partial charge on any atom is 0.224 e. The molecule has 33 heavy (non-hydrogen) atoms. The van der Waals surface area contributed by atoms with Crippen LogP contribution in [-0.4, -0.2) is 39.1 Å². The largest absolute Gasteiger partial charge is 0.353 e. The predicted octanol–water partition coefficient (Wildman–Crippen LogP) is 6.83. The number of amides is 1. The van der Waals surface area contributed by atoms with Crippen LogP contribution in [-0.2, 0) is 9.59 Å². The summed E-state index contributed by atoms with van der Waals surface area (Å²) >= 11 is 0. The molecule has 1 amide bonds. The van der Waals surface area contributed by atoms with Crippen molar-refractivity contribution in [3.63, 3.8) is 0 Å². The van der Waals surface area contributed by atoms with Gasteiger partial charge in [0, 0.05) is 36.4 Å². The molecule has 5 heteroatoms. The SMILES string of the molecule is CCCCCCCCC(=O)C[C@H](/C=C/CC(=O)NC1CC(C)(C)N(O)C(C)(C)C1)CC(C)C. The third kappa shape index (κ3) is 11.7. The lowest BCUT2D eigenvalue weighted by Gasteiger charge is -2.51. The average molecular weight is 465 g/mol. The van der Waals surface area contributed by atoms with Gasteiger partial charge in [0.25, 0.3) is 0 Å². The van der Waals surface area contributed by atoms with Gasteiger partial charge in [-0.1, -0.05) is 65.0 Å². The van der Waals surface area contributed by atoms with E-state index in [1.165, 1.54) is 30.7 Å². The number of allylic oxidation sites excluding steroid dienone is 1. The molecule has 0 aromatic carbocycles. The minimum absolute atomic E-state index is 0.0101. The number of unbranched alkanes of at least 4 members (excludes halogenated alkanes) is 5. The molecule has 0 unspecified atom stereocenters. The zero-order chi connectivity index (χ0) is 25.1. The summed E-state index contributed by atoms with van der Waals surface area (Å²) in [5, 5.41) is 15.0. The van der Waals surface area contributed by atoms with Crippen LogP contribution in [0.15, 0.2) is 12.2 Å². The number of hydrogen-bond donors (Lipinski definition) is 2. The first-order valence-corrected chi connectivity index (χ1v) is 13.3. The lowest BCUT2D eigenvalue weighted by atomic mass is 9.79. The number of carbonyl (C=O) groups excluding carboxylic acids is 2. The van der Waals surface area contributed by atoms with Gasteiger partial charge in [-0.3, -0.25) is 9.59 Å². The molecule has 0 bridgehead atoms. The Bertz CT molecular complexity index is 607. The van der Waals surface area contributed by atoms with Crippen molar-refractivity contribution >= 4 is 11.7 Å². The van der Waals surface area contributed by atoms with Gasteiger partial charge in [-0.2, -0.15) is 5.06 Å². The number of nitrogens with zero attached hydrogens (tertiary/aromatic N) is 1. The first-order chi connectivity index (χ1) is 15.4. The quantitative estimate of drug-likeness (QED) is 0.206. The van der Waals surface area contributed by atoms with Crippen molar-refractivity contribution in [2.75, 3.05) is 0 Å². The summed E-state index contributed by atoms with van der Waals surface area (Å²) in [4.78, 5) is 25.1. The molecule has 0 spiro atoms. The van der Waals surface area contributed by atoms with E-state index in [9.17, 15) is 14.8 Å². The number of Topliss-reactive ketones (excluding diaryl/α,β-unsaturated/α-hetero) is 1.